The summed E-state index contributed by atoms with van der Waals surface area (Å²) in [6.45, 7) is 1.26. The van der Waals surface area contributed by atoms with E-state index in [1.54, 1.807) is 36.4 Å². The van der Waals surface area contributed by atoms with E-state index >= 15 is 0 Å². The first-order valence-electron chi connectivity index (χ1n) is 8.15. The Bertz CT molecular complexity index is 1050. The molecule has 1 N–H and O–H groups in total. The lowest BCUT2D eigenvalue weighted by Crippen LogP contribution is -2.07. The van der Waals surface area contributed by atoms with Crippen molar-refractivity contribution in [1.82, 2.24) is 0 Å². The molecule has 0 bridgehead atoms. The number of rotatable bonds is 5. The minimum absolute atomic E-state index is 0.0113. The maximum atomic E-state index is 13.3. The fourth-order valence-corrected chi connectivity index (χ4v) is 4.90. The molecule has 0 fully saturated rings. The Morgan fingerprint density at radius 1 is 1.00 bits per heavy atom. The van der Waals surface area contributed by atoms with Gasteiger partial charge in [0.2, 0.25) is 11.5 Å². The third-order valence-corrected chi connectivity index (χ3v) is 6.47. The highest BCUT2D eigenvalue weighted by molar-refractivity contribution is 9.10. The minimum atomic E-state index is -1.63. The van der Waals surface area contributed by atoms with Crippen LogP contribution in [0.15, 0.2) is 56.7 Å². The second kappa shape index (κ2) is 8.30. The van der Waals surface area contributed by atoms with Crippen LogP contribution in [0.4, 0.5) is 0 Å². The van der Waals surface area contributed by atoms with Gasteiger partial charge in [0, 0.05) is 23.5 Å². The molecule has 0 aliphatic rings. The van der Waals surface area contributed by atoms with Gasteiger partial charge in [0.25, 0.3) is 0 Å². The third-order valence-electron chi connectivity index (χ3n) is 4.03. The first-order valence-corrected chi connectivity index (χ1v) is 10.1. The van der Waals surface area contributed by atoms with Gasteiger partial charge in [-0.25, -0.2) is 0 Å². The van der Waals surface area contributed by atoms with Gasteiger partial charge in [0.15, 0.2) is 21.3 Å². The molecule has 146 valence electrons. The molecule has 3 aromatic rings. The highest BCUT2D eigenvalue weighted by Gasteiger charge is 2.29. The number of ether oxygens (including phenoxy) is 3. The average Bonchev–Trinajstić information content (AvgIpc) is 2.68. The largest absolute Gasteiger partial charge is 0.606 e. The lowest BCUT2D eigenvalue weighted by molar-refractivity contribution is -0.131. The number of carbonyl (C=O) groups excluding carboxylic acids is 1. The third kappa shape index (κ3) is 3.50. The van der Waals surface area contributed by atoms with Crippen LogP contribution in [0, 0.1) is 0 Å². The number of fused-ring (bicyclic) bond motifs is 1. The number of hydrogen-bond donors (Lipinski definition) is 1. The highest BCUT2D eigenvalue weighted by atomic mass is 79.9. The van der Waals surface area contributed by atoms with Gasteiger partial charge in [-0.3, -0.25) is 4.79 Å². The molecule has 1 atom stereocenters. The van der Waals surface area contributed by atoms with Gasteiger partial charge >= 0.3 is 5.97 Å². The molecule has 28 heavy (non-hydrogen) atoms. The summed E-state index contributed by atoms with van der Waals surface area (Å²) in [6.07, 6.45) is 0. The summed E-state index contributed by atoms with van der Waals surface area (Å²) in [7, 11) is 2.73. The molecular weight excluding hydrogens is 448 g/mol. The van der Waals surface area contributed by atoms with Crippen molar-refractivity contribution < 1.29 is 28.7 Å². The maximum Gasteiger partial charge on any atom is 0.308 e. The molecule has 8 heteroatoms. The lowest BCUT2D eigenvalue weighted by atomic mass is 10.1. The van der Waals surface area contributed by atoms with Crippen molar-refractivity contribution >= 4 is 43.8 Å². The summed E-state index contributed by atoms with van der Waals surface area (Å²) in [4.78, 5) is 12.5. The smallest absolute Gasteiger partial charge is 0.308 e. The maximum absolute atomic E-state index is 13.3. The number of halogens is 1. The summed E-state index contributed by atoms with van der Waals surface area (Å²) in [5, 5.41) is 11.5. The lowest BCUT2D eigenvalue weighted by Gasteiger charge is -2.19. The highest BCUT2D eigenvalue weighted by Crippen LogP contribution is 2.52. The first kappa shape index (κ1) is 20.3. The number of carbonyl (C=O) groups is 1. The number of benzene rings is 3. The van der Waals surface area contributed by atoms with E-state index in [0.29, 0.717) is 19.6 Å². The quantitative estimate of drug-likeness (QED) is 0.341. The average molecular weight is 465 g/mol. The van der Waals surface area contributed by atoms with Gasteiger partial charge in [-0.15, -0.1) is 0 Å². The van der Waals surface area contributed by atoms with Gasteiger partial charge in [0.1, 0.15) is 0 Å². The van der Waals surface area contributed by atoms with Crippen LogP contribution in [-0.4, -0.2) is 29.8 Å². The predicted molar refractivity (Wildman–Crippen MR) is 109 cm³/mol. The van der Waals surface area contributed by atoms with Gasteiger partial charge in [-0.05, 0) is 40.2 Å². The van der Waals surface area contributed by atoms with Crippen LogP contribution in [-0.2, 0) is 16.0 Å². The molecule has 3 aromatic carbocycles. The number of aromatic hydroxyl groups is 1. The molecule has 0 saturated heterocycles. The first-order chi connectivity index (χ1) is 13.4. The molecule has 0 heterocycles. The molecule has 0 aliphatic carbocycles. The molecule has 0 aromatic heterocycles. The van der Waals surface area contributed by atoms with E-state index in [4.69, 9.17) is 14.2 Å². The summed E-state index contributed by atoms with van der Waals surface area (Å²) < 4.78 is 29.9. The van der Waals surface area contributed by atoms with Crippen LogP contribution in [0.25, 0.3) is 10.8 Å². The Kier molecular flexibility index (Phi) is 6.02. The van der Waals surface area contributed by atoms with E-state index in [1.807, 2.05) is 6.07 Å². The fourth-order valence-electron chi connectivity index (χ4n) is 2.90. The molecular formula is C20H17BrO6S. The fraction of sp³-hybridized carbons (Fsp3) is 0.150. The molecule has 0 spiro atoms. The van der Waals surface area contributed by atoms with Crippen molar-refractivity contribution in [3.05, 3.63) is 46.9 Å². The molecule has 1 unspecified atom stereocenters. The van der Waals surface area contributed by atoms with E-state index in [0.717, 1.165) is 0 Å². The van der Waals surface area contributed by atoms with Crippen molar-refractivity contribution in [2.45, 2.75) is 16.7 Å². The van der Waals surface area contributed by atoms with Gasteiger partial charge in [0.05, 0.1) is 24.1 Å². The van der Waals surface area contributed by atoms with E-state index in [1.165, 1.54) is 21.1 Å². The topological polar surface area (TPSA) is 88.1 Å². The normalized spacial score (nSPS) is 11.9. The number of methoxy groups -OCH3 is 2. The predicted octanol–water partition coefficient (Wildman–Crippen LogP) is 4.42. The number of hydrogen-bond acceptors (Lipinski definition) is 6. The molecule has 0 radical (unpaired) electrons. The number of phenolic OH excluding ortho intramolecular Hbond substituents is 1. The van der Waals surface area contributed by atoms with Crippen LogP contribution in [0.3, 0.4) is 0 Å². The zero-order chi connectivity index (χ0) is 20.4. The Labute approximate surface area is 173 Å². The molecule has 6 nitrogen and oxygen atoms in total. The summed E-state index contributed by atoms with van der Waals surface area (Å²) in [5.41, 5.74) is 0. The second-order valence-corrected chi connectivity index (χ2v) is 7.99. The SMILES string of the molecule is COc1c(OC)c(O)c2c([S+]([O-])c3ccccc3Br)cccc2c1OC(C)=O. The zero-order valence-electron chi connectivity index (χ0n) is 15.3. The Hall–Kier alpha value is -2.42. The standard InChI is InChI=1S/C20H17BrO6S/c1-11(22)27-18-12-7-6-10-15(28(24)14-9-5-4-8-13(14)21)16(12)17(23)19(25-2)20(18)26-3/h4-10,23H,1-3H3. The Morgan fingerprint density at radius 2 is 1.64 bits per heavy atom. The van der Waals surface area contributed by atoms with E-state index < -0.39 is 17.1 Å². The van der Waals surface area contributed by atoms with E-state index in [9.17, 15) is 14.5 Å². The Morgan fingerprint density at radius 3 is 2.25 bits per heavy atom. The molecule has 3 rings (SSSR count). The summed E-state index contributed by atoms with van der Waals surface area (Å²) in [5.74, 6) is -0.661. The Balaban J connectivity index is 2.38. The van der Waals surface area contributed by atoms with Crippen molar-refractivity contribution in [3.63, 3.8) is 0 Å². The summed E-state index contributed by atoms with van der Waals surface area (Å²) >= 11 is 1.78. The van der Waals surface area contributed by atoms with E-state index in [2.05, 4.69) is 15.9 Å². The summed E-state index contributed by atoms with van der Waals surface area (Å²) in [6, 6.07) is 12.1. The van der Waals surface area contributed by atoms with Crippen LogP contribution < -0.4 is 14.2 Å². The van der Waals surface area contributed by atoms with Crippen molar-refractivity contribution in [3.8, 4) is 23.0 Å². The van der Waals surface area contributed by atoms with Crippen LogP contribution in [0.2, 0.25) is 0 Å². The van der Waals surface area contributed by atoms with E-state index in [-0.39, 0.29) is 28.4 Å². The molecule has 0 saturated carbocycles. The number of phenols is 1. The van der Waals surface area contributed by atoms with Crippen LogP contribution >= 0.6 is 15.9 Å². The second-order valence-electron chi connectivity index (χ2n) is 5.72. The molecule has 0 aliphatic heterocycles. The molecule has 0 amide bonds. The minimum Gasteiger partial charge on any atom is -0.606 e. The van der Waals surface area contributed by atoms with Gasteiger partial charge in [-0.2, -0.15) is 0 Å². The van der Waals surface area contributed by atoms with Crippen LogP contribution in [0.5, 0.6) is 23.0 Å². The van der Waals surface area contributed by atoms with Crippen molar-refractivity contribution in [1.29, 1.82) is 0 Å². The zero-order valence-corrected chi connectivity index (χ0v) is 17.7. The number of esters is 1. The van der Waals surface area contributed by atoms with Gasteiger partial charge < -0.3 is 23.9 Å². The van der Waals surface area contributed by atoms with Crippen molar-refractivity contribution in [2.75, 3.05) is 14.2 Å². The monoisotopic (exact) mass is 464 g/mol. The van der Waals surface area contributed by atoms with Crippen LogP contribution in [0.1, 0.15) is 6.92 Å². The van der Waals surface area contributed by atoms with Crippen molar-refractivity contribution in [2.24, 2.45) is 0 Å². The van der Waals surface area contributed by atoms with Gasteiger partial charge in [-0.1, -0.05) is 18.2 Å².